The summed E-state index contributed by atoms with van der Waals surface area (Å²) in [5, 5.41) is 8.72. The Labute approximate surface area is 125 Å². The fourth-order valence-electron chi connectivity index (χ4n) is 1.55. The van der Waals surface area contributed by atoms with Crippen LogP contribution in [0, 0.1) is 28.8 Å². The first-order valence-corrected chi connectivity index (χ1v) is 6.25. The van der Waals surface area contributed by atoms with Crippen molar-refractivity contribution < 1.29 is 17.9 Å². The largest absolute Gasteiger partial charge is 0.450 e. The normalized spacial score (nSPS) is 10.2. The number of hydrogen-bond acceptors (Lipinski definition) is 4. The zero-order chi connectivity index (χ0) is 15.7. The quantitative estimate of drug-likeness (QED) is 0.633. The van der Waals surface area contributed by atoms with Crippen molar-refractivity contribution in [2.45, 2.75) is 0 Å². The van der Waals surface area contributed by atoms with Gasteiger partial charge in [0, 0.05) is 0 Å². The van der Waals surface area contributed by atoms with E-state index in [0.29, 0.717) is 0 Å². The summed E-state index contributed by atoms with van der Waals surface area (Å²) >= 11 is 2.91. The number of anilines is 2. The lowest BCUT2D eigenvalue weighted by Gasteiger charge is -2.14. The number of hydrogen-bond donors (Lipinski definition) is 2. The smallest absolute Gasteiger partial charge is 0.204 e. The van der Waals surface area contributed by atoms with Crippen molar-refractivity contribution in [2.24, 2.45) is 0 Å². The fourth-order valence-corrected chi connectivity index (χ4v) is 2.02. The predicted octanol–water partition coefficient (Wildman–Crippen LogP) is 3.69. The summed E-state index contributed by atoms with van der Waals surface area (Å²) in [4.78, 5) is 0. The van der Waals surface area contributed by atoms with Gasteiger partial charge in [0.25, 0.3) is 0 Å². The maximum atomic E-state index is 13.9. The van der Waals surface area contributed by atoms with Gasteiger partial charge >= 0.3 is 0 Å². The second kappa shape index (κ2) is 5.54. The van der Waals surface area contributed by atoms with Gasteiger partial charge in [-0.15, -0.1) is 0 Å². The number of ether oxygens (including phenoxy) is 1. The summed E-state index contributed by atoms with van der Waals surface area (Å²) in [6.45, 7) is 0. The molecule has 2 aromatic rings. The van der Waals surface area contributed by atoms with Crippen molar-refractivity contribution >= 4 is 27.3 Å². The van der Waals surface area contributed by atoms with Crippen LogP contribution in [0.3, 0.4) is 0 Å². The molecule has 4 nitrogen and oxygen atoms in total. The average Bonchev–Trinajstić information content (AvgIpc) is 2.49. The molecule has 0 aliphatic carbocycles. The topological polar surface area (TPSA) is 85.1 Å². The molecular formula is C13H7BrF3N3O. The molecule has 0 bridgehead atoms. The van der Waals surface area contributed by atoms with Crippen LogP contribution in [0.1, 0.15) is 5.56 Å². The number of nitrogen functional groups attached to an aromatic ring is 2. The van der Waals surface area contributed by atoms with E-state index in [-0.39, 0.29) is 15.7 Å². The molecule has 0 aliphatic heterocycles. The Bertz CT molecular complexity index is 745. The van der Waals surface area contributed by atoms with E-state index < -0.39 is 34.6 Å². The van der Waals surface area contributed by atoms with Gasteiger partial charge in [0.15, 0.2) is 23.1 Å². The highest BCUT2D eigenvalue weighted by Gasteiger charge is 2.23. The second-order valence-corrected chi connectivity index (χ2v) is 4.72. The van der Waals surface area contributed by atoms with E-state index in [4.69, 9.17) is 21.5 Å². The summed E-state index contributed by atoms with van der Waals surface area (Å²) in [7, 11) is 0. The SMILES string of the molecule is N#Cc1cccc(Oc2c(F)c(F)c(N)c(N)c2Br)c1F. The van der Waals surface area contributed by atoms with Gasteiger partial charge in [0.1, 0.15) is 6.07 Å². The standard InChI is InChI=1S/C13H7BrF3N3O/c14-7-11(19)12(20)9(16)10(17)13(7)21-6-3-1-2-5(4-18)8(6)15/h1-3H,19-20H2. The molecule has 0 unspecified atom stereocenters. The lowest BCUT2D eigenvalue weighted by molar-refractivity contribution is 0.395. The first-order valence-electron chi connectivity index (χ1n) is 5.46. The lowest BCUT2D eigenvalue weighted by Crippen LogP contribution is -2.05. The molecule has 0 aliphatic rings. The highest BCUT2D eigenvalue weighted by atomic mass is 79.9. The van der Waals surface area contributed by atoms with Crippen LogP contribution in [0.15, 0.2) is 22.7 Å². The molecule has 2 rings (SSSR count). The maximum Gasteiger partial charge on any atom is 0.204 e. The Morgan fingerprint density at radius 3 is 2.33 bits per heavy atom. The van der Waals surface area contributed by atoms with Crippen LogP contribution in [0.25, 0.3) is 0 Å². The fraction of sp³-hybridized carbons (Fsp3) is 0. The molecule has 0 saturated carbocycles. The summed E-state index contributed by atoms with van der Waals surface area (Å²) in [6.07, 6.45) is 0. The van der Waals surface area contributed by atoms with Crippen LogP contribution in [-0.4, -0.2) is 0 Å². The molecule has 2 aromatic carbocycles. The number of rotatable bonds is 2. The Morgan fingerprint density at radius 1 is 1.05 bits per heavy atom. The van der Waals surface area contributed by atoms with Crippen LogP contribution in [0.4, 0.5) is 24.5 Å². The molecule has 8 heteroatoms. The zero-order valence-electron chi connectivity index (χ0n) is 10.3. The molecule has 0 fully saturated rings. The monoisotopic (exact) mass is 357 g/mol. The first kappa shape index (κ1) is 15.0. The number of nitrogens with two attached hydrogens (primary N) is 2. The van der Waals surface area contributed by atoms with Crippen LogP contribution in [0.5, 0.6) is 11.5 Å². The van der Waals surface area contributed by atoms with E-state index in [1.165, 1.54) is 12.1 Å². The van der Waals surface area contributed by atoms with Gasteiger partial charge < -0.3 is 16.2 Å². The van der Waals surface area contributed by atoms with E-state index in [1.807, 2.05) is 0 Å². The van der Waals surface area contributed by atoms with E-state index in [0.717, 1.165) is 6.07 Å². The van der Waals surface area contributed by atoms with E-state index in [2.05, 4.69) is 15.9 Å². The Morgan fingerprint density at radius 2 is 1.71 bits per heavy atom. The molecule has 108 valence electrons. The average molecular weight is 358 g/mol. The summed E-state index contributed by atoms with van der Waals surface area (Å²) < 4.78 is 46.1. The number of halogens is 4. The predicted molar refractivity (Wildman–Crippen MR) is 74.1 cm³/mol. The van der Waals surface area contributed by atoms with Gasteiger partial charge in [0.05, 0.1) is 21.4 Å². The Hall–Kier alpha value is -2.40. The third kappa shape index (κ3) is 2.48. The Kier molecular flexibility index (Phi) is 3.95. The van der Waals surface area contributed by atoms with E-state index >= 15 is 0 Å². The molecule has 0 amide bonds. The van der Waals surface area contributed by atoms with Gasteiger partial charge in [-0.1, -0.05) is 6.07 Å². The highest BCUT2D eigenvalue weighted by molar-refractivity contribution is 9.10. The molecule has 0 aromatic heterocycles. The first-order chi connectivity index (χ1) is 9.88. The summed E-state index contributed by atoms with van der Waals surface area (Å²) in [5.41, 5.74) is 9.61. The number of benzene rings is 2. The summed E-state index contributed by atoms with van der Waals surface area (Å²) in [5.74, 6) is -4.93. The minimum atomic E-state index is -1.42. The van der Waals surface area contributed by atoms with E-state index in [1.54, 1.807) is 6.07 Å². The number of nitriles is 1. The molecule has 0 radical (unpaired) electrons. The second-order valence-electron chi connectivity index (χ2n) is 3.93. The van der Waals surface area contributed by atoms with E-state index in [9.17, 15) is 13.2 Å². The van der Waals surface area contributed by atoms with Crippen molar-refractivity contribution in [1.29, 1.82) is 5.26 Å². The van der Waals surface area contributed by atoms with Crippen LogP contribution in [-0.2, 0) is 0 Å². The van der Waals surface area contributed by atoms with Crippen LogP contribution in [0.2, 0.25) is 0 Å². The van der Waals surface area contributed by atoms with Crippen LogP contribution >= 0.6 is 15.9 Å². The third-order valence-corrected chi connectivity index (χ3v) is 3.44. The molecule has 0 spiro atoms. The van der Waals surface area contributed by atoms with Gasteiger partial charge in [-0.2, -0.15) is 9.65 Å². The third-order valence-electron chi connectivity index (χ3n) is 2.65. The molecule has 0 heterocycles. The van der Waals surface area contributed by atoms with Gasteiger partial charge in [-0.25, -0.2) is 8.78 Å². The molecule has 0 atom stereocenters. The highest BCUT2D eigenvalue weighted by Crippen LogP contribution is 2.42. The molecular weight excluding hydrogens is 351 g/mol. The summed E-state index contributed by atoms with van der Waals surface area (Å²) in [6, 6.07) is 5.31. The van der Waals surface area contributed by atoms with Gasteiger partial charge in [-0.3, -0.25) is 0 Å². The van der Waals surface area contributed by atoms with Crippen molar-refractivity contribution in [3.05, 3.63) is 45.7 Å². The van der Waals surface area contributed by atoms with Crippen LogP contribution < -0.4 is 16.2 Å². The van der Waals surface area contributed by atoms with Crippen molar-refractivity contribution in [3.63, 3.8) is 0 Å². The van der Waals surface area contributed by atoms with Crippen molar-refractivity contribution in [3.8, 4) is 17.6 Å². The zero-order valence-corrected chi connectivity index (χ0v) is 11.8. The lowest BCUT2D eigenvalue weighted by atomic mass is 10.2. The van der Waals surface area contributed by atoms with Gasteiger partial charge in [0.2, 0.25) is 5.82 Å². The minimum Gasteiger partial charge on any atom is -0.450 e. The minimum absolute atomic E-state index is 0.152. The Balaban J connectivity index is 2.59. The van der Waals surface area contributed by atoms with Gasteiger partial charge in [-0.05, 0) is 28.1 Å². The number of nitrogens with zero attached hydrogens (tertiary/aromatic N) is 1. The molecule has 0 saturated heterocycles. The van der Waals surface area contributed by atoms with Crippen molar-refractivity contribution in [1.82, 2.24) is 0 Å². The molecule has 4 N–H and O–H groups in total. The van der Waals surface area contributed by atoms with Crippen molar-refractivity contribution in [2.75, 3.05) is 11.5 Å². The molecule has 21 heavy (non-hydrogen) atoms. The maximum absolute atomic E-state index is 13.9.